The Morgan fingerprint density at radius 3 is 1.51 bits per heavy atom. The Bertz CT molecular complexity index is 905. The first-order valence-corrected chi connectivity index (χ1v) is 23.6. The van der Waals surface area contributed by atoms with Crippen molar-refractivity contribution in [3.63, 3.8) is 0 Å². The summed E-state index contributed by atoms with van der Waals surface area (Å²) in [5, 5.41) is 0. The van der Waals surface area contributed by atoms with E-state index in [1.807, 2.05) is 27.2 Å². The fourth-order valence-corrected chi connectivity index (χ4v) is 6.83. The molecule has 0 saturated heterocycles. The number of esters is 1. The highest BCUT2D eigenvalue weighted by atomic mass is 31.2. The lowest BCUT2D eigenvalue weighted by atomic mass is 10.0. The molecule has 0 rings (SSSR count). The van der Waals surface area contributed by atoms with E-state index >= 15 is 0 Å². The van der Waals surface area contributed by atoms with Gasteiger partial charge in [-0.2, -0.15) is 0 Å². The van der Waals surface area contributed by atoms with Gasteiger partial charge < -0.3 is 18.9 Å². The summed E-state index contributed by atoms with van der Waals surface area (Å²) in [4.78, 5) is 22.8. The van der Waals surface area contributed by atoms with Crippen LogP contribution in [-0.4, -0.2) is 69.0 Å². The minimum atomic E-state index is -4.29. The molecule has 1 N–H and O–H groups in total. The van der Waals surface area contributed by atoms with Gasteiger partial charge in [0.1, 0.15) is 19.8 Å². The molecule has 0 aromatic carbocycles. The van der Waals surface area contributed by atoms with Crippen LogP contribution in [0, 0.1) is 0 Å². The molecular weight excluding hydrogens is 685 g/mol. The van der Waals surface area contributed by atoms with Crippen LogP contribution in [0.5, 0.6) is 0 Å². The van der Waals surface area contributed by atoms with Gasteiger partial charge in [0.05, 0.1) is 34.0 Å². The lowest BCUT2D eigenvalue weighted by molar-refractivity contribution is -0.870. The minimum Gasteiger partial charge on any atom is -0.498 e. The molecule has 0 saturated carbocycles. The number of phosphoric acid groups is 1. The first kappa shape index (κ1) is 51.8. The molecule has 0 aliphatic rings. The zero-order valence-corrected chi connectivity index (χ0v) is 36.4. The average molecular weight is 773 g/mol. The third kappa shape index (κ3) is 41.8. The smallest absolute Gasteiger partial charge is 0.472 e. The number of hydrogen-bond donors (Lipinski definition) is 1. The van der Waals surface area contributed by atoms with Crippen LogP contribution in [0.15, 0.2) is 24.5 Å². The number of unbranched alkanes of at least 4 members (excludes halogenated alkanes) is 25. The Hall–Kier alpha value is -1.18. The number of carbonyl (C=O) groups is 1. The van der Waals surface area contributed by atoms with E-state index in [1.54, 1.807) is 6.26 Å². The fourth-order valence-electron chi connectivity index (χ4n) is 6.09. The largest absolute Gasteiger partial charge is 0.498 e. The van der Waals surface area contributed by atoms with E-state index in [2.05, 4.69) is 26.0 Å². The number of quaternary nitrogens is 1. The van der Waals surface area contributed by atoms with Gasteiger partial charge in [-0.25, -0.2) is 4.57 Å². The topological polar surface area (TPSA) is 91.3 Å². The number of carbonyl (C=O) groups excluding carboxylic acids is 1. The molecule has 0 spiro atoms. The van der Waals surface area contributed by atoms with Crippen molar-refractivity contribution < 1.29 is 37.3 Å². The van der Waals surface area contributed by atoms with Crippen LogP contribution in [0.25, 0.3) is 0 Å². The first-order valence-electron chi connectivity index (χ1n) is 22.1. The highest BCUT2D eigenvalue weighted by Crippen LogP contribution is 2.43. The molecule has 0 bridgehead atoms. The summed E-state index contributed by atoms with van der Waals surface area (Å²) < 4.78 is 34.7. The van der Waals surface area contributed by atoms with Crippen molar-refractivity contribution in [3.8, 4) is 0 Å². The van der Waals surface area contributed by atoms with Gasteiger partial charge in [0.2, 0.25) is 0 Å². The van der Waals surface area contributed by atoms with Gasteiger partial charge in [0.25, 0.3) is 0 Å². The second-order valence-corrected chi connectivity index (χ2v) is 17.6. The Kier molecular flexibility index (Phi) is 36.9. The van der Waals surface area contributed by atoms with Crippen LogP contribution in [0.1, 0.15) is 200 Å². The van der Waals surface area contributed by atoms with E-state index in [-0.39, 0.29) is 25.8 Å². The number of hydrogen-bond acceptors (Lipinski definition) is 6. The quantitative estimate of drug-likeness (QED) is 0.0165. The van der Waals surface area contributed by atoms with E-state index in [0.717, 1.165) is 32.1 Å². The van der Waals surface area contributed by atoms with Crippen molar-refractivity contribution in [2.75, 3.05) is 47.5 Å². The Morgan fingerprint density at radius 2 is 1.02 bits per heavy atom. The van der Waals surface area contributed by atoms with Crippen molar-refractivity contribution in [1.29, 1.82) is 0 Å². The van der Waals surface area contributed by atoms with Crippen molar-refractivity contribution in [3.05, 3.63) is 24.5 Å². The number of nitrogens with zero attached hydrogens (tertiary/aromatic N) is 1. The van der Waals surface area contributed by atoms with E-state index in [0.29, 0.717) is 17.4 Å². The first-order chi connectivity index (χ1) is 25.6. The van der Waals surface area contributed by atoms with Gasteiger partial charge in [-0.1, -0.05) is 167 Å². The van der Waals surface area contributed by atoms with Crippen LogP contribution in [-0.2, 0) is 27.9 Å². The maximum atomic E-state index is 12.7. The Labute approximate surface area is 328 Å². The predicted molar refractivity (Wildman–Crippen MR) is 224 cm³/mol. The molecule has 0 aromatic heterocycles. The van der Waals surface area contributed by atoms with Crippen LogP contribution < -0.4 is 0 Å². The summed E-state index contributed by atoms with van der Waals surface area (Å²) in [6.07, 6.45) is 43.0. The highest BCUT2D eigenvalue weighted by molar-refractivity contribution is 7.47. The molecule has 0 aliphatic heterocycles. The number of ether oxygens (including phenoxy) is 2. The van der Waals surface area contributed by atoms with Crippen molar-refractivity contribution >= 4 is 13.8 Å². The molecule has 0 aliphatic carbocycles. The summed E-state index contributed by atoms with van der Waals surface area (Å²) in [5.74, 6) is -0.337. The standard InChI is InChI=1S/C44H86NO7P/c1-6-8-10-12-14-16-18-20-22-24-26-28-30-32-34-36-39-49-41-43(42-51-53(47,48)50-40-38-45(3,4)5)52-44(46)37-35-33-31-29-27-25-23-21-19-17-15-13-11-9-7-2/h13,15,36,39,43H,6-12,14,16-35,37-38,40-42H2,1-5H3/p+1/b15-13+,39-36+/t43-/m1/s1. The van der Waals surface area contributed by atoms with E-state index in [1.165, 1.54) is 148 Å². The summed E-state index contributed by atoms with van der Waals surface area (Å²) in [6.45, 7) is 4.92. The third-order valence-electron chi connectivity index (χ3n) is 9.58. The van der Waals surface area contributed by atoms with E-state index in [9.17, 15) is 14.3 Å². The van der Waals surface area contributed by atoms with Crippen LogP contribution in [0.2, 0.25) is 0 Å². The second kappa shape index (κ2) is 37.7. The number of allylic oxidation sites excluding steroid dienone is 3. The minimum absolute atomic E-state index is 0.0506. The average Bonchev–Trinajstić information content (AvgIpc) is 3.11. The zero-order valence-electron chi connectivity index (χ0n) is 35.5. The van der Waals surface area contributed by atoms with Gasteiger partial charge in [-0.15, -0.1) is 0 Å². The molecule has 8 nitrogen and oxygen atoms in total. The fraction of sp³-hybridized carbons (Fsp3) is 0.886. The summed E-state index contributed by atoms with van der Waals surface area (Å²) >= 11 is 0. The Morgan fingerprint density at radius 1 is 0.585 bits per heavy atom. The second-order valence-electron chi connectivity index (χ2n) is 16.1. The lowest BCUT2D eigenvalue weighted by Gasteiger charge is -2.24. The Balaban J connectivity index is 4.26. The highest BCUT2D eigenvalue weighted by Gasteiger charge is 2.26. The molecular formula is C44H87NO7P+. The van der Waals surface area contributed by atoms with E-state index < -0.39 is 13.9 Å². The molecule has 2 atom stereocenters. The molecule has 0 amide bonds. The third-order valence-corrected chi connectivity index (χ3v) is 10.6. The van der Waals surface area contributed by atoms with Crippen LogP contribution in [0.3, 0.4) is 0 Å². The molecule has 0 radical (unpaired) electrons. The van der Waals surface area contributed by atoms with Crippen molar-refractivity contribution in [2.45, 2.75) is 206 Å². The number of phosphoric ester groups is 1. The van der Waals surface area contributed by atoms with Crippen molar-refractivity contribution in [1.82, 2.24) is 0 Å². The monoisotopic (exact) mass is 773 g/mol. The van der Waals surface area contributed by atoms with Crippen LogP contribution >= 0.6 is 7.82 Å². The van der Waals surface area contributed by atoms with Gasteiger partial charge in [-0.3, -0.25) is 13.8 Å². The summed E-state index contributed by atoms with van der Waals surface area (Å²) in [5.41, 5.74) is 0. The van der Waals surface area contributed by atoms with Gasteiger partial charge in [-0.05, 0) is 44.6 Å². The van der Waals surface area contributed by atoms with Gasteiger partial charge >= 0.3 is 13.8 Å². The molecule has 314 valence electrons. The molecule has 9 heteroatoms. The lowest BCUT2D eigenvalue weighted by Crippen LogP contribution is -2.37. The summed E-state index contributed by atoms with van der Waals surface area (Å²) in [7, 11) is 1.64. The van der Waals surface area contributed by atoms with E-state index in [4.69, 9.17) is 18.5 Å². The number of likely N-dealkylation sites (N-methyl/N-ethyl adjacent to an activating group) is 1. The molecule has 53 heavy (non-hydrogen) atoms. The molecule has 0 aromatic rings. The van der Waals surface area contributed by atoms with Crippen molar-refractivity contribution in [2.24, 2.45) is 0 Å². The maximum Gasteiger partial charge on any atom is 0.472 e. The molecule has 0 fully saturated rings. The predicted octanol–water partition coefficient (Wildman–Crippen LogP) is 13.2. The maximum absolute atomic E-state index is 12.7. The van der Waals surface area contributed by atoms with Gasteiger partial charge in [0.15, 0.2) is 6.10 Å². The summed E-state index contributed by atoms with van der Waals surface area (Å²) in [6, 6.07) is 0. The van der Waals surface area contributed by atoms with Crippen LogP contribution in [0.4, 0.5) is 0 Å². The normalized spacial score (nSPS) is 13.9. The van der Waals surface area contributed by atoms with Gasteiger partial charge in [0, 0.05) is 6.42 Å². The molecule has 0 heterocycles. The number of rotatable bonds is 41. The SMILES string of the molecule is CCCC/C=C/CCCCCCCCCCCC(=O)O[C@H](CO/C=C/CCCCCCCCCCCCCCCC)COP(=O)(O)OCC[N+](C)(C)C. The molecule has 1 unspecified atom stereocenters. The zero-order chi connectivity index (χ0) is 39.1.